The number of thiazole rings is 1. The van der Waals surface area contributed by atoms with Gasteiger partial charge in [0, 0.05) is 24.4 Å². The van der Waals surface area contributed by atoms with Gasteiger partial charge in [0.25, 0.3) is 0 Å². The first kappa shape index (κ1) is 16.2. The minimum absolute atomic E-state index is 0.0529. The Morgan fingerprint density at radius 2 is 2.33 bits per heavy atom. The standard InChI is InChI=1S/C13H22N4O2S2/c1-9(2)12-16-11(7-20-12)6-15-13(14-3)17-10-4-5-21(18,19)8-10/h7,9-10H,4-6,8H2,1-3H3,(H2,14,15,17). The molecule has 0 radical (unpaired) electrons. The number of hydrogen-bond acceptors (Lipinski definition) is 5. The lowest BCUT2D eigenvalue weighted by Crippen LogP contribution is -2.43. The Bertz CT molecular complexity index is 607. The normalized spacial score (nSPS) is 21.7. The number of aliphatic imine (C=N–C) groups is 1. The van der Waals surface area contributed by atoms with Gasteiger partial charge in [-0.3, -0.25) is 4.99 Å². The van der Waals surface area contributed by atoms with E-state index in [1.807, 2.05) is 5.38 Å². The molecule has 8 heteroatoms. The van der Waals surface area contributed by atoms with E-state index in [0.29, 0.717) is 24.8 Å². The lowest BCUT2D eigenvalue weighted by atomic mass is 10.2. The van der Waals surface area contributed by atoms with Gasteiger partial charge in [-0.25, -0.2) is 13.4 Å². The molecular formula is C13H22N4O2S2. The molecule has 0 saturated carbocycles. The molecule has 118 valence electrons. The summed E-state index contributed by atoms with van der Waals surface area (Å²) in [6.45, 7) is 4.83. The highest BCUT2D eigenvalue weighted by molar-refractivity contribution is 7.91. The summed E-state index contributed by atoms with van der Waals surface area (Å²) in [6.07, 6.45) is 0.636. The molecule has 0 aromatic carbocycles. The van der Waals surface area contributed by atoms with Gasteiger partial charge in [-0.1, -0.05) is 13.8 Å². The third-order valence-corrected chi connectivity index (χ3v) is 6.26. The Morgan fingerprint density at radius 3 is 2.86 bits per heavy atom. The van der Waals surface area contributed by atoms with Crippen LogP contribution in [-0.4, -0.2) is 44.0 Å². The van der Waals surface area contributed by atoms with Gasteiger partial charge in [-0.05, 0) is 6.42 Å². The predicted octanol–water partition coefficient (Wildman–Crippen LogP) is 1.12. The van der Waals surface area contributed by atoms with Gasteiger partial charge in [0.2, 0.25) is 0 Å². The molecular weight excluding hydrogens is 308 g/mol. The zero-order valence-corrected chi connectivity index (χ0v) is 14.2. The van der Waals surface area contributed by atoms with E-state index in [-0.39, 0.29) is 17.5 Å². The molecule has 1 unspecified atom stereocenters. The highest BCUT2D eigenvalue weighted by Crippen LogP contribution is 2.19. The number of nitrogens with one attached hydrogen (secondary N) is 2. The van der Waals surface area contributed by atoms with Crippen LogP contribution in [0.1, 0.15) is 36.9 Å². The minimum Gasteiger partial charge on any atom is -0.353 e. The maximum atomic E-state index is 11.4. The van der Waals surface area contributed by atoms with Gasteiger partial charge in [0.1, 0.15) is 0 Å². The van der Waals surface area contributed by atoms with E-state index in [0.717, 1.165) is 10.7 Å². The average molecular weight is 330 g/mol. The topological polar surface area (TPSA) is 83.4 Å². The molecule has 2 heterocycles. The van der Waals surface area contributed by atoms with E-state index in [4.69, 9.17) is 0 Å². The van der Waals surface area contributed by atoms with E-state index >= 15 is 0 Å². The van der Waals surface area contributed by atoms with Crippen LogP contribution in [0.4, 0.5) is 0 Å². The minimum atomic E-state index is -2.88. The summed E-state index contributed by atoms with van der Waals surface area (Å²) < 4.78 is 22.9. The Morgan fingerprint density at radius 1 is 1.57 bits per heavy atom. The molecule has 0 bridgehead atoms. The molecule has 2 rings (SSSR count). The quantitative estimate of drug-likeness (QED) is 0.638. The zero-order valence-electron chi connectivity index (χ0n) is 12.6. The number of guanidine groups is 1. The Hall–Kier alpha value is -1.15. The molecule has 1 saturated heterocycles. The first-order chi connectivity index (χ1) is 9.89. The van der Waals surface area contributed by atoms with Crippen molar-refractivity contribution in [3.8, 4) is 0 Å². The highest BCUT2D eigenvalue weighted by Gasteiger charge is 2.28. The molecule has 0 aliphatic carbocycles. The molecule has 1 aromatic rings. The van der Waals surface area contributed by atoms with Gasteiger partial charge in [-0.15, -0.1) is 11.3 Å². The first-order valence-corrected chi connectivity index (χ1v) is 9.71. The van der Waals surface area contributed by atoms with Crippen LogP contribution in [0.15, 0.2) is 10.4 Å². The number of rotatable bonds is 4. The van der Waals surface area contributed by atoms with Crippen molar-refractivity contribution in [2.24, 2.45) is 4.99 Å². The van der Waals surface area contributed by atoms with Crippen LogP contribution < -0.4 is 10.6 Å². The molecule has 1 aromatic heterocycles. The fraction of sp³-hybridized carbons (Fsp3) is 0.692. The summed E-state index contributed by atoms with van der Waals surface area (Å²) in [5.41, 5.74) is 0.977. The molecule has 1 atom stereocenters. The van der Waals surface area contributed by atoms with Crippen LogP contribution in [0.5, 0.6) is 0 Å². The Labute approximate surface area is 130 Å². The van der Waals surface area contributed by atoms with Crippen molar-refractivity contribution < 1.29 is 8.42 Å². The number of nitrogens with zero attached hydrogens (tertiary/aromatic N) is 2. The maximum absolute atomic E-state index is 11.4. The van der Waals surface area contributed by atoms with Crippen molar-refractivity contribution in [1.82, 2.24) is 15.6 Å². The molecule has 21 heavy (non-hydrogen) atoms. The molecule has 2 N–H and O–H groups in total. The third kappa shape index (κ3) is 4.67. The van der Waals surface area contributed by atoms with Crippen molar-refractivity contribution in [2.45, 2.75) is 38.8 Å². The van der Waals surface area contributed by atoms with Gasteiger partial charge < -0.3 is 10.6 Å². The Kier molecular flexibility index (Phi) is 5.21. The second-order valence-electron chi connectivity index (χ2n) is 5.50. The lowest BCUT2D eigenvalue weighted by Gasteiger charge is -2.15. The highest BCUT2D eigenvalue weighted by atomic mass is 32.2. The van der Waals surface area contributed by atoms with Crippen molar-refractivity contribution in [1.29, 1.82) is 0 Å². The van der Waals surface area contributed by atoms with Gasteiger partial charge in [0.05, 0.1) is 28.8 Å². The molecule has 1 aliphatic rings. The van der Waals surface area contributed by atoms with Crippen molar-refractivity contribution >= 4 is 27.1 Å². The fourth-order valence-electron chi connectivity index (χ4n) is 2.14. The Balaban J connectivity index is 1.85. The lowest BCUT2D eigenvalue weighted by molar-refractivity contribution is 0.599. The second-order valence-corrected chi connectivity index (χ2v) is 8.62. The van der Waals surface area contributed by atoms with Crippen LogP contribution >= 0.6 is 11.3 Å². The predicted molar refractivity (Wildman–Crippen MR) is 86.6 cm³/mol. The largest absolute Gasteiger partial charge is 0.353 e. The summed E-state index contributed by atoms with van der Waals surface area (Å²) >= 11 is 1.66. The summed E-state index contributed by atoms with van der Waals surface area (Å²) in [5.74, 6) is 1.49. The molecule has 0 amide bonds. The SMILES string of the molecule is CN=C(NCc1csc(C(C)C)n1)NC1CCS(=O)(=O)C1. The third-order valence-electron chi connectivity index (χ3n) is 3.30. The monoisotopic (exact) mass is 330 g/mol. The van der Waals surface area contributed by atoms with E-state index in [1.165, 1.54) is 0 Å². The van der Waals surface area contributed by atoms with Crippen molar-refractivity contribution in [3.05, 3.63) is 16.1 Å². The second kappa shape index (κ2) is 6.74. The van der Waals surface area contributed by atoms with Crippen LogP contribution in [0.25, 0.3) is 0 Å². The zero-order chi connectivity index (χ0) is 15.5. The molecule has 1 fully saturated rings. The number of hydrogen-bond donors (Lipinski definition) is 2. The molecule has 1 aliphatic heterocycles. The van der Waals surface area contributed by atoms with Gasteiger partial charge in [0.15, 0.2) is 15.8 Å². The van der Waals surface area contributed by atoms with Crippen molar-refractivity contribution in [3.63, 3.8) is 0 Å². The maximum Gasteiger partial charge on any atom is 0.191 e. The average Bonchev–Trinajstić information content (AvgIpc) is 3.01. The molecule has 0 spiro atoms. The summed E-state index contributed by atoms with van der Waals surface area (Å²) in [7, 11) is -1.20. The summed E-state index contributed by atoms with van der Waals surface area (Å²) in [4.78, 5) is 8.68. The number of sulfone groups is 1. The summed E-state index contributed by atoms with van der Waals surface area (Å²) in [6, 6.07) is -0.0529. The fourth-order valence-corrected chi connectivity index (χ4v) is 4.65. The molecule has 6 nitrogen and oxygen atoms in total. The van der Waals surface area contributed by atoms with Crippen LogP contribution in [0.2, 0.25) is 0 Å². The van der Waals surface area contributed by atoms with Crippen molar-refractivity contribution in [2.75, 3.05) is 18.6 Å². The van der Waals surface area contributed by atoms with E-state index < -0.39 is 9.84 Å². The van der Waals surface area contributed by atoms with Crippen LogP contribution in [0, 0.1) is 0 Å². The van der Waals surface area contributed by atoms with Gasteiger partial charge in [-0.2, -0.15) is 0 Å². The first-order valence-electron chi connectivity index (χ1n) is 7.01. The van der Waals surface area contributed by atoms with Crippen LogP contribution in [-0.2, 0) is 16.4 Å². The van der Waals surface area contributed by atoms with E-state index in [2.05, 4.69) is 34.5 Å². The van der Waals surface area contributed by atoms with Crippen LogP contribution in [0.3, 0.4) is 0 Å². The van der Waals surface area contributed by atoms with Gasteiger partial charge >= 0.3 is 0 Å². The number of aromatic nitrogens is 1. The van der Waals surface area contributed by atoms with E-state index in [9.17, 15) is 8.42 Å². The van der Waals surface area contributed by atoms with E-state index in [1.54, 1.807) is 18.4 Å². The smallest absolute Gasteiger partial charge is 0.191 e. The summed E-state index contributed by atoms with van der Waals surface area (Å²) in [5, 5.41) is 9.50.